The van der Waals surface area contributed by atoms with Crippen molar-refractivity contribution in [2.45, 2.75) is 25.3 Å². The molecule has 2 aromatic heterocycles. The zero-order valence-electron chi connectivity index (χ0n) is 10.3. The second kappa shape index (κ2) is 5.01. The van der Waals surface area contributed by atoms with Crippen molar-refractivity contribution in [1.29, 1.82) is 0 Å². The van der Waals surface area contributed by atoms with E-state index in [1.807, 2.05) is 6.07 Å². The van der Waals surface area contributed by atoms with Gasteiger partial charge in [-0.25, -0.2) is 0 Å². The number of aryl methyl sites for hydroxylation is 1. The maximum absolute atomic E-state index is 12.2. The van der Waals surface area contributed by atoms with Gasteiger partial charge in [-0.2, -0.15) is 0 Å². The Morgan fingerprint density at radius 3 is 3.21 bits per heavy atom. The molecule has 19 heavy (non-hydrogen) atoms. The van der Waals surface area contributed by atoms with E-state index in [1.165, 1.54) is 0 Å². The Hall–Kier alpha value is -1.88. The fourth-order valence-corrected chi connectivity index (χ4v) is 2.70. The van der Waals surface area contributed by atoms with Gasteiger partial charge in [0.05, 0.1) is 17.9 Å². The fraction of sp³-hybridized carbons (Fsp3) is 0.286. The number of amides is 1. The Morgan fingerprint density at radius 1 is 1.47 bits per heavy atom. The number of rotatable bonds is 2. The van der Waals surface area contributed by atoms with Crippen LogP contribution in [0.4, 0.5) is 0 Å². The van der Waals surface area contributed by atoms with Crippen molar-refractivity contribution in [3.8, 4) is 0 Å². The van der Waals surface area contributed by atoms with E-state index in [0.717, 1.165) is 30.6 Å². The molecule has 0 fully saturated rings. The number of carbonyl (C=O) groups excluding carboxylic acids is 1. The number of aromatic nitrogens is 1. The standard InChI is InChI=1S/C14H14N2O2S/c17-13(10-3-2-7-15-14(10)19)16-11-4-1-5-12-9(11)6-8-18-12/h2-3,6-8,11H,1,4-5H2,(H,15,19)(H,16,17). The zero-order valence-corrected chi connectivity index (χ0v) is 11.1. The molecule has 4 nitrogen and oxygen atoms in total. The molecule has 1 amide bonds. The van der Waals surface area contributed by atoms with Crippen molar-refractivity contribution >= 4 is 18.1 Å². The topological polar surface area (TPSA) is 58.0 Å². The first kappa shape index (κ1) is 12.2. The Labute approximate surface area is 115 Å². The van der Waals surface area contributed by atoms with Gasteiger partial charge in [-0.05, 0) is 31.0 Å². The molecule has 0 aromatic carbocycles. The zero-order chi connectivity index (χ0) is 13.2. The lowest BCUT2D eigenvalue weighted by Gasteiger charge is -2.22. The van der Waals surface area contributed by atoms with Crippen LogP contribution in [0.1, 0.15) is 40.6 Å². The smallest absolute Gasteiger partial charge is 0.254 e. The predicted molar refractivity (Wildman–Crippen MR) is 73.5 cm³/mol. The van der Waals surface area contributed by atoms with Gasteiger partial charge in [0, 0.05) is 18.2 Å². The molecule has 3 rings (SSSR count). The normalized spacial score (nSPS) is 17.8. The van der Waals surface area contributed by atoms with Gasteiger partial charge in [-0.1, -0.05) is 12.2 Å². The summed E-state index contributed by atoms with van der Waals surface area (Å²) < 4.78 is 5.88. The van der Waals surface area contributed by atoms with Crippen LogP contribution in [0.3, 0.4) is 0 Å². The van der Waals surface area contributed by atoms with Gasteiger partial charge in [-0.3, -0.25) is 4.79 Å². The van der Waals surface area contributed by atoms with Crippen LogP contribution in [0.15, 0.2) is 35.1 Å². The van der Waals surface area contributed by atoms with E-state index in [2.05, 4.69) is 10.3 Å². The molecule has 0 bridgehead atoms. The van der Waals surface area contributed by atoms with Crippen LogP contribution in [-0.4, -0.2) is 10.9 Å². The molecule has 0 saturated carbocycles. The second-order valence-electron chi connectivity index (χ2n) is 4.63. The Balaban J connectivity index is 1.82. The number of fused-ring (bicyclic) bond motifs is 1. The number of furan rings is 1. The van der Waals surface area contributed by atoms with Crippen molar-refractivity contribution in [2.24, 2.45) is 0 Å². The van der Waals surface area contributed by atoms with Gasteiger partial charge >= 0.3 is 0 Å². The van der Waals surface area contributed by atoms with Gasteiger partial charge in [0.1, 0.15) is 10.4 Å². The minimum atomic E-state index is -0.138. The van der Waals surface area contributed by atoms with Gasteiger partial charge in [0.25, 0.3) is 5.91 Å². The summed E-state index contributed by atoms with van der Waals surface area (Å²) in [5.74, 6) is 0.843. The Bertz CT molecular complexity index is 659. The minimum Gasteiger partial charge on any atom is -0.469 e. The highest BCUT2D eigenvalue weighted by Crippen LogP contribution is 2.30. The number of aromatic amines is 1. The number of H-pyrrole nitrogens is 1. The van der Waals surface area contributed by atoms with E-state index >= 15 is 0 Å². The highest BCUT2D eigenvalue weighted by atomic mass is 32.1. The lowest BCUT2D eigenvalue weighted by Crippen LogP contribution is -2.30. The molecule has 0 saturated heterocycles. The molecular formula is C14H14N2O2S. The number of carbonyl (C=O) groups is 1. The summed E-state index contributed by atoms with van der Waals surface area (Å²) in [5.41, 5.74) is 1.60. The van der Waals surface area contributed by atoms with Crippen LogP contribution in [0.25, 0.3) is 0 Å². The van der Waals surface area contributed by atoms with E-state index in [9.17, 15) is 4.79 Å². The molecule has 2 N–H and O–H groups in total. The van der Waals surface area contributed by atoms with Crippen LogP contribution in [0.5, 0.6) is 0 Å². The predicted octanol–water partition coefficient (Wildman–Crippen LogP) is 3.14. The van der Waals surface area contributed by atoms with Crippen molar-refractivity contribution in [1.82, 2.24) is 10.3 Å². The minimum absolute atomic E-state index is 0.0182. The quantitative estimate of drug-likeness (QED) is 0.827. The average Bonchev–Trinajstić information content (AvgIpc) is 2.88. The molecule has 98 valence electrons. The van der Waals surface area contributed by atoms with E-state index in [0.29, 0.717) is 10.2 Å². The molecule has 2 heterocycles. The lowest BCUT2D eigenvalue weighted by atomic mass is 9.93. The summed E-state index contributed by atoms with van der Waals surface area (Å²) in [4.78, 5) is 15.1. The summed E-state index contributed by atoms with van der Waals surface area (Å²) in [5, 5.41) is 3.03. The highest BCUT2D eigenvalue weighted by Gasteiger charge is 2.24. The van der Waals surface area contributed by atoms with Gasteiger partial charge in [-0.15, -0.1) is 0 Å². The maximum Gasteiger partial charge on any atom is 0.254 e. The third-order valence-corrected chi connectivity index (χ3v) is 3.76. The molecular weight excluding hydrogens is 260 g/mol. The summed E-state index contributed by atoms with van der Waals surface area (Å²) in [7, 11) is 0. The molecule has 1 aliphatic carbocycles. The SMILES string of the molecule is O=C(NC1CCCc2occc21)c1ccc[nH]c1=S. The van der Waals surface area contributed by atoms with Crippen LogP contribution in [0, 0.1) is 4.64 Å². The van der Waals surface area contributed by atoms with Crippen LogP contribution < -0.4 is 5.32 Å². The average molecular weight is 274 g/mol. The molecule has 1 atom stereocenters. The summed E-state index contributed by atoms with van der Waals surface area (Å²) in [6.07, 6.45) is 6.30. The summed E-state index contributed by atoms with van der Waals surface area (Å²) in [6.45, 7) is 0. The molecule has 0 radical (unpaired) electrons. The van der Waals surface area contributed by atoms with Crippen molar-refractivity contribution < 1.29 is 9.21 Å². The van der Waals surface area contributed by atoms with Gasteiger partial charge in [0.15, 0.2) is 0 Å². The molecule has 1 unspecified atom stereocenters. The third kappa shape index (κ3) is 2.33. The van der Waals surface area contributed by atoms with E-state index < -0.39 is 0 Å². The van der Waals surface area contributed by atoms with Crippen LogP contribution in [-0.2, 0) is 6.42 Å². The number of nitrogens with one attached hydrogen (secondary N) is 2. The van der Waals surface area contributed by atoms with Crippen molar-refractivity contribution in [3.63, 3.8) is 0 Å². The first-order chi connectivity index (χ1) is 9.25. The first-order valence-electron chi connectivity index (χ1n) is 6.30. The maximum atomic E-state index is 12.2. The van der Waals surface area contributed by atoms with Gasteiger partial charge < -0.3 is 14.7 Å². The van der Waals surface area contributed by atoms with Gasteiger partial charge in [0.2, 0.25) is 0 Å². The van der Waals surface area contributed by atoms with Crippen molar-refractivity contribution in [3.05, 3.63) is 52.2 Å². The highest BCUT2D eigenvalue weighted by molar-refractivity contribution is 7.71. The molecule has 5 heteroatoms. The monoisotopic (exact) mass is 274 g/mol. The molecule has 1 aliphatic rings. The summed E-state index contributed by atoms with van der Waals surface area (Å²) in [6, 6.07) is 5.46. The first-order valence-corrected chi connectivity index (χ1v) is 6.71. The Kier molecular flexibility index (Phi) is 3.21. The second-order valence-corrected chi connectivity index (χ2v) is 5.04. The number of hydrogen-bond acceptors (Lipinski definition) is 3. The fourth-order valence-electron chi connectivity index (χ4n) is 2.47. The number of hydrogen-bond donors (Lipinski definition) is 2. The number of pyridine rings is 1. The van der Waals surface area contributed by atoms with E-state index in [4.69, 9.17) is 16.6 Å². The Morgan fingerprint density at radius 2 is 2.37 bits per heavy atom. The molecule has 0 spiro atoms. The lowest BCUT2D eigenvalue weighted by molar-refractivity contribution is 0.0931. The van der Waals surface area contributed by atoms with Crippen molar-refractivity contribution in [2.75, 3.05) is 0 Å². The molecule has 2 aromatic rings. The van der Waals surface area contributed by atoms with E-state index in [-0.39, 0.29) is 11.9 Å². The third-order valence-electron chi connectivity index (χ3n) is 3.42. The molecule has 0 aliphatic heterocycles. The van der Waals surface area contributed by atoms with Crippen LogP contribution >= 0.6 is 12.2 Å². The largest absolute Gasteiger partial charge is 0.469 e. The van der Waals surface area contributed by atoms with Crippen LogP contribution in [0.2, 0.25) is 0 Å². The summed E-state index contributed by atoms with van der Waals surface area (Å²) >= 11 is 5.12. The van der Waals surface area contributed by atoms with E-state index in [1.54, 1.807) is 24.6 Å².